The third kappa shape index (κ3) is 4.59. The van der Waals surface area contributed by atoms with Crippen LogP contribution in [-0.4, -0.2) is 88.4 Å². The monoisotopic (exact) mass is 358 g/mol. The zero-order chi connectivity index (χ0) is 18.6. The van der Waals surface area contributed by atoms with Crippen LogP contribution in [0.3, 0.4) is 0 Å². The van der Waals surface area contributed by atoms with Gasteiger partial charge in [-0.2, -0.15) is 0 Å². The number of hydrogen-bond donors (Lipinski definition) is 7. The Bertz CT molecular complexity index is 580. The average Bonchev–Trinajstić information content (AvgIpc) is 3.07. The van der Waals surface area contributed by atoms with Crippen molar-refractivity contribution in [3.63, 3.8) is 0 Å². The molecule has 0 bridgehead atoms. The molecule has 0 aromatic rings. The minimum atomic E-state index is -1.63. The highest BCUT2D eigenvalue weighted by molar-refractivity contribution is 5.86. The second kappa shape index (κ2) is 8.14. The molecule has 140 valence electrons. The van der Waals surface area contributed by atoms with Gasteiger partial charge in [-0.1, -0.05) is 0 Å². The van der Waals surface area contributed by atoms with E-state index in [0.717, 1.165) is 0 Å². The van der Waals surface area contributed by atoms with Crippen molar-refractivity contribution in [2.75, 3.05) is 19.7 Å². The van der Waals surface area contributed by atoms with E-state index in [1.807, 2.05) is 0 Å². The highest BCUT2D eigenvalue weighted by Gasteiger charge is 2.43. The van der Waals surface area contributed by atoms with Crippen LogP contribution in [0.5, 0.6) is 0 Å². The number of rotatable bonds is 6. The van der Waals surface area contributed by atoms with Crippen LogP contribution in [0.4, 0.5) is 0 Å². The zero-order valence-electron chi connectivity index (χ0n) is 13.5. The molecule has 5 atom stereocenters. The number of aliphatic hydroxyl groups is 3. The van der Waals surface area contributed by atoms with Crippen molar-refractivity contribution in [3.05, 3.63) is 11.8 Å². The van der Waals surface area contributed by atoms with Crippen molar-refractivity contribution in [3.8, 4) is 0 Å². The molecule has 0 aromatic heterocycles. The molecule has 2 aliphatic heterocycles. The molecule has 0 saturated carbocycles. The molecule has 0 aromatic carbocycles. The number of carboxylic acids is 1. The lowest BCUT2D eigenvalue weighted by Gasteiger charge is -2.40. The number of guanidine groups is 1. The molecule has 0 aliphatic carbocycles. The lowest BCUT2D eigenvalue weighted by Crippen LogP contribution is -2.64. The Kier molecular flexibility index (Phi) is 6.17. The molecule has 0 unspecified atom stereocenters. The van der Waals surface area contributed by atoms with E-state index in [2.05, 4.69) is 20.9 Å². The maximum absolute atomic E-state index is 11.5. The van der Waals surface area contributed by atoms with Gasteiger partial charge < -0.3 is 41.1 Å². The summed E-state index contributed by atoms with van der Waals surface area (Å²) in [6.07, 6.45) is -3.26. The number of nitrogens with zero attached hydrogens (tertiary/aromatic N) is 1. The highest BCUT2D eigenvalue weighted by Crippen LogP contribution is 2.23. The molecule has 25 heavy (non-hydrogen) atoms. The van der Waals surface area contributed by atoms with Crippen LogP contribution in [0.1, 0.15) is 6.92 Å². The van der Waals surface area contributed by atoms with Crippen molar-refractivity contribution in [1.29, 1.82) is 0 Å². The summed E-state index contributed by atoms with van der Waals surface area (Å²) in [4.78, 5) is 27.0. The molecule has 0 fully saturated rings. The number of aliphatic imine (C=N–C) groups is 1. The van der Waals surface area contributed by atoms with Crippen molar-refractivity contribution in [2.45, 2.75) is 37.3 Å². The quantitative estimate of drug-likeness (QED) is 0.254. The number of carbonyl (C=O) groups excluding carboxylic acids is 1. The van der Waals surface area contributed by atoms with Gasteiger partial charge in [0.25, 0.3) is 0 Å². The van der Waals surface area contributed by atoms with Gasteiger partial charge in [-0.15, -0.1) is 0 Å². The summed E-state index contributed by atoms with van der Waals surface area (Å²) in [6, 6.07) is -1.69. The first-order chi connectivity index (χ1) is 11.8. The first-order valence-electron chi connectivity index (χ1n) is 7.74. The van der Waals surface area contributed by atoms with Crippen LogP contribution in [0.25, 0.3) is 0 Å². The maximum atomic E-state index is 11.5. The molecule has 11 nitrogen and oxygen atoms in total. The van der Waals surface area contributed by atoms with E-state index in [1.165, 1.54) is 13.0 Å². The first kappa shape index (κ1) is 19.0. The van der Waals surface area contributed by atoms with Gasteiger partial charge in [-0.05, 0) is 6.08 Å². The lowest BCUT2D eigenvalue weighted by atomic mass is 9.92. The second-order valence-corrected chi connectivity index (χ2v) is 5.71. The summed E-state index contributed by atoms with van der Waals surface area (Å²) in [5.74, 6) is -1.85. The fraction of sp³-hybridized carbons (Fsp3) is 0.643. The Morgan fingerprint density at radius 2 is 2.20 bits per heavy atom. The third-order valence-electron chi connectivity index (χ3n) is 3.81. The average molecular weight is 358 g/mol. The van der Waals surface area contributed by atoms with Crippen LogP contribution in [0.15, 0.2) is 16.8 Å². The molecule has 0 spiro atoms. The van der Waals surface area contributed by atoms with Gasteiger partial charge in [0, 0.05) is 13.5 Å². The molecule has 0 radical (unpaired) electrons. The summed E-state index contributed by atoms with van der Waals surface area (Å²) in [5, 5.41) is 46.7. The van der Waals surface area contributed by atoms with Gasteiger partial charge in [0.1, 0.15) is 18.3 Å². The Labute approximate surface area is 143 Å². The van der Waals surface area contributed by atoms with Crippen molar-refractivity contribution >= 4 is 17.8 Å². The van der Waals surface area contributed by atoms with E-state index in [1.54, 1.807) is 0 Å². The van der Waals surface area contributed by atoms with E-state index < -0.39 is 54.6 Å². The zero-order valence-corrected chi connectivity index (χ0v) is 13.5. The standard InChI is InChI=1S/C14H22N4O7/c1-6(20)17-10-7(18-14-15-2-3-16-14)4-9(13(23)24)25-12(10)11(22)8(21)5-19/h4,7-8,10-12,19,21-22H,2-3,5H2,1H3,(H,17,20)(H,23,24)(H2,15,16,18)/t7-,8+,10+,11+,12+/m0/s1. The summed E-state index contributed by atoms with van der Waals surface area (Å²) < 4.78 is 5.27. The Morgan fingerprint density at radius 1 is 1.48 bits per heavy atom. The lowest BCUT2D eigenvalue weighted by molar-refractivity contribution is -0.146. The molecule has 2 rings (SSSR count). The molecule has 11 heteroatoms. The highest BCUT2D eigenvalue weighted by atomic mass is 16.5. The van der Waals surface area contributed by atoms with Gasteiger partial charge >= 0.3 is 5.97 Å². The van der Waals surface area contributed by atoms with Gasteiger partial charge in [-0.3, -0.25) is 9.79 Å². The van der Waals surface area contributed by atoms with Gasteiger partial charge in [0.2, 0.25) is 11.7 Å². The number of hydrogen-bond acceptors (Lipinski definition) is 9. The first-order valence-corrected chi connectivity index (χ1v) is 7.74. The molecule has 2 aliphatic rings. The van der Waals surface area contributed by atoms with Crippen molar-refractivity contribution in [2.24, 2.45) is 4.99 Å². The SMILES string of the molecule is CC(=O)N[C@H]1[C@H]([C@H](O)[C@H](O)CO)OC(C(=O)O)=C[C@@H]1NC1=NCCN1. The number of amides is 1. The summed E-state index contributed by atoms with van der Waals surface area (Å²) in [7, 11) is 0. The second-order valence-electron chi connectivity index (χ2n) is 5.71. The van der Waals surface area contributed by atoms with Gasteiger partial charge in [0.15, 0.2) is 5.96 Å². The molecular weight excluding hydrogens is 336 g/mol. The summed E-state index contributed by atoms with van der Waals surface area (Å²) in [6.45, 7) is 1.65. The van der Waals surface area contributed by atoms with Crippen LogP contribution in [0, 0.1) is 0 Å². The smallest absolute Gasteiger partial charge is 0.370 e. The number of carboxylic acid groups (broad SMARTS) is 1. The van der Waals surface area contributed by atoms with Gasteiger partial charge in [0.05, 0.1) is 25.2 Å². The van der Waals surface area contributed by atoms with E-state index in [4.69, 9.17) is 9.84 Å². The van der Waals surface area contributed by atoms with Crippen LogP contribution >= 0.6 is 0 Å². The minimum Gasteiger partial charge on any atom is -0.478 e. The largest absolute Gasteiger partial charge is 0.478 e. The van der Waals surface area contributed by atoms with E-state index in [9.17, 15) is 24.9 Å². The fourth-order valence-corrected chi connectivity index (χ4v) is 2.65. The molecule has 2 heterocycles. The molecule has 0 saturated heterocycles. The van der Waals surface area contributed by atoms with Crippen molar-refractivity contribution < 1.29 is 34.8 Å². The molecular formula is C14H22N4O7. The third-order valence-corrected chi connectivity index (χ3v) is 3.81. The Hall–Kier alpha value is -2.37. The van der Waals surface area contributed by atoms with Crippen molar-refractivity contribution in [1.82, 2.24) is 16.0 Å². The Morgan fingerprint density at radius 3 is 2.72 bits per heavy atom. The Balaban J connectivity index is 2.33. The van der Waals surface area contributed by atoms with E-state index in [-0.39, 0.29) is 0 Å². The predicted octanol–water partition coefficient (Wildman–Crippen LogP) is -3.51. The number of ether oxygens (including phenoxy) is 1. The topological polar surface area (TPSA) is 173 Å². The predicted molar refractivity (Wildman–Crippen MR) is 84.5 cm³/mol. The van der Waals surface area contributed by atoms with E-state index >= 15 is 0 Å². The van der Waals surface area contributed by atoms with Gasteiger partial charge in [-0.25, -0.2) is 4.79 Å². The maximum Gasteiger partial charge on any atom is 0.370 e. The van der Waals surface area contributed by atoms with E-state index in [0.29, 0.717) is 19.0 Å². The van der Waals surface area contributed by atoms with Crippen LogP contribution in [0.2, 0.25) is 0 Å². The summed E-state index contributed by atoms with van der Waals surface area (Å²) in [5.41, 5.74) is 0. The van der Waals surface area contributed by atoms with Crippen LogP contribution in [-0.2, 0) is 14.3 Å². The number of carbonyl (C=O) groups is 2. The normalized spacial score (nSPS) is 27.9. The fourth-order valence-electron chi connectivity index (χ4n) is 2.65. The number of aliphatic hydroxyl groups excluding tert-OH is 3. The minimum absolute atomic E-state index is 0.416. The van der Waals surface area contributed by atoms with Crippen LogP contribution < -0.4 is 16.0 Å². The number of aliphatic carboxylic acids is 1. The summed E-state index contributed by atoms with van der Waals surface area (Å²) >= 11 is 0. The molecule has 1 amide bonds. The number of nitrogens with one attached hydrogen (secondary N) is 3. The molecule has 7 N–H and O–H groups in total.